The van der Waals surface area contributed by atoms with Crippen LogP contribution in [0.3, 0.4) is 0 Å². The van der Waals surface area contributed by atoms with E-state index in [1.807, 2.05) is 146 Å². The SMILES string of the molecule is ClC(Cl)Cl.ClC(Cl)Cl.[Dy+3].[Dy+3].[Mg+2].[O-]c1cccc2cccnc12.[O-]c1cccc2cccnc12.[O-]c1cccc2cccnc12.[O-]c1cccc2cccnc12.[O-]c1cccc2cccnc12.[O-]c1cccc2cccnc12.[O-]c1cccc2cccnc12.[O-]c1cccc2cccnc12. The second-order valence-corrected chi connectivity index (χ2v) is 23.1. The molecule has 0 amide bonds. The van der Waals surface area contributed by atoms with Gasteiger partial charge in [-0.05, 0) is 91.6 Å². The summed E-state index contributed by atoms with van der Waals surface area (Å²) in [5.74, 6) is -0.0881. The quantitative estimate of drug-likeness (QED) is 0.101. The van der Waals surface area contributed by atoms with Crippen LogP contribution in [0.4, 0.5) is 0 Å². The summed E-state index contributed by atoms with van der Waals surface area (Å²) in [7, 11) is 0. The molecule has 0 saturated carbocycles. The Kier molecular flexibility index (Phi) is 38.4. The van der Waals surface area contributed by atoms with Crippen LogP contribution in [0, 0.1) is 76.3 Å². The van der Waals surface area contributed by atoms with Gasteiger partial charge in [0.25, 0.3) is 0 Å². The maximum Gasteiger partial charge on any atom is 3.00 e. The predicted molar refractivity (Wildman–Crippen MR) is 378 cm³/mol. The molecule has 16 nitrogen and oxygen atoms in total. The standard InChI is InChI=1S/8C9H7NO.2CHCl3.2Dy.Mg/c8*11-8-5-1-3-7-4-2-6-10-9(7)8;2*2-1(3)4;;;/h8*1-6,11H;2*1H;;;/q;;;;;;;;;;2*+3;+2/p-8. The fourth-order valence-corrected chi connectivity index (χ4v) is 8.61. The van der Waals surface area contributed by atoms with Crippen molar-refractivity contribution in [2.75, 3.05) is 0 Å². The molecular formula is C74H50Cl6Dy2MgN8O8. The number of halogens is 6. The van der Waals surface area contributed by atoms with Crippen LogP contribution in [0.25, 0.3) is 87.2 Å². The van der Waals surface area contributed by atoms with Gasteiger partial charge >= 0.3 is 99.4 Å². The second-order valence-electron chi connectivity index (χ2n) is 19.1. The van der Waals surface area contributed by atoms with E-state index in [2.05, 4.69) is 39.9 Å². The minimum absolute atomic E-state index is 0. The van der Waals surface area contributed by atoms with E-state index in [9.17, 15) is 40.9 Å². The van der Waals surface area contributed by atoms with Gasteiger partial charge in [0.05, 0.1) is 44.1 Å². The predicted octanol–water partition coefficient (Wildman–Crippen LogP) is 14.1. The number of hydrogen-bond donors (Lipinski definition) is 0. The maximum absolute atomic E-state index is 11.1. The molecule has 8 aromatic heterocycles. The van der Waals surface area contributed by atoms with E-state index in [-0.39, 0.29) is 145 Å². The van der Waals surface area contributed by atoms with Crippen molar-refractivity contribution in [3.05, 3.63) is 292 Å². The molecule has 99 heavy (non-hydrogen) atoms. The van der Waals surface area contributed by atoms with Crippen molar-refractivity contribution in [3.63, 3.8) is 0 Å². The molecule has 0 aliphatic rings. The molecule has 0 fully saturated rings. The number of aromatic nitrogens is 8. The van der Waals surface area contributed by atoms with E-state index in [1.165, 1.54) is 48.5 Å². The summed E-state index contributed by atoms with van der Waals surface area (Å²) in [5.41, 5.74) is 4.41. The van der Waals surface area contributed by atoms with Gasteiger partial charge in [-0.1, -0.05) is 310 Å². The van der Waals surface area contributed by atoms with Crippen LogP contribution in [-0.2, 0) is 0 Å². The normalized spacial score (nSPS) is 9.78. The fraction of sp³-hybridized carbons (Fsp3) is 0.0270. The molecule has 0 N–H and O–H groups in total. The third-order valence-electron chi connectivity index (χ3n) is 12.8. The summed E-state index contributed by atoms with van der Waals surface area (Å²) >= 11 is 28.8. The Morgan fingerprint density at radius 2 is 0.273 bits per heavy atom. The summed E-state index contributed by atoms with van der Waals surface area (Å²) < 4.78 is -1.50. The zero-order valence-corrected chi connectivity index (χ0v) is 61.3. The van der Waals surface area contributed by atoms with Crippen molar-refractivity contribution in [3.8, 4) is 46.0 Å². The van der Waals surface area contributed by atoms with Crippen molar-refractivity contribution < 1.29 is 117 Å². The van der Waals surface area contributed by atoms with Crippen molar-refractivity contribution in [1.82, 2.24) is 39.9 Å². The van der Waals surface area contributed by atoms with Gasteiger partial charge in [-0.15, -0.1) is 0 Å². The number of pyridine rings is 8. The molecular weight excluding hydrogens is 1690 g/mol. The van der Waals surface area contributed by atoms with Gasteiger partial charge in [0.2, 0.25) is 0 Å². The number of nitrogens with zero attached hydrogens (tertiary/aromatic N) is 8. The van der Waals surface area contributed by atoms with Crippen LogP contribution in [-0.4, -0.2) is 71.5 Å². The molecule has 0 unspecified atom stereocenters. The Bertz CT molecular complexity index is 4110. The maximum atomic E-state index is 11.1. The number of alkyl halides is 6. The zero-order chi connectivity index (χ0) is 68.6. The molecule has 16 rings (SSSR count). The number of rotatable bonds is 0. The molecule has 0 aliphatic carbocycles. The minimum Gasteiger partial charge on any atom is -0.871 e. The summed E-state index contributed by atoms with van der Waals surface area (Å²) in [6.45, 7) is 0. The summed E-state index contributed by atoms with van der Waals surface area (Å²) in [6.07, 6.45) is 13.0. The molecule has 25 heteroatoms. The Morgan fingerprint density at radius 3 is 0.364 bits per heavy atom. The second kappa shape index (κ2) is 45.3. The van der Waals surface area contributed by atoms with E-state index in [0.717, 1.165) is 43.1 Å². The van der Waals surface area contributed by atoms with Crippen molar-refractivity contribution in [1.29, 1.82) is 0 Å². The van der Waals surface area contributed by atoms with Crippen LogP contribution in [0.5, 0.6) is 46.0 Å². The molecule has 498 valence electrons. The van der Waals surface area contributed by atoms with E-state index in [0.29, 0.717) is 44.1 Å². The molecule has 8 aromatic carbocycles. The first kappa shape index (κ1) is 83.9. The third-order valence-corrected chi connectivity index (χ3v) is 12.8. The van der Waals surface area contributed by atoms with Gasteiger partial charge in [-0.25, -0.2) is 0 Å². The van der Waals surface area contributed by atoms with Crippen LogP contribution >= 0.6 is 69.6 Å². The first-order chi connectivity index (χ1) is 46.5. The Hall–Kier alpha value is -7.51. The van der Waals surface area contributed by atoms with Crippen molar-refractivity contribution in [2.45, 2.75) is 8.59 Å². The topological polar surface area (TPSA) is 288 Å². The Labute approximate surface area is 675 Å². The van der Waals surface area contributed by atoms with Gasteiger partial charge in [-0.3, -0.25) is 39.9 Å². The first-order valence-corrected chi connectivity index (χ1v) is 31.0. The molecule has 0 atom stereocenters. The van der Waals surface area contributed by atoms with Crippen LogP contribution < -0.4 is 40.9 Å². The third kappa shape index (κ3) is 27.5. The number of benzene rings is 8. The van der Waals surface area contributed by atoms with E-state index >= 15 is 0 Å². The van der Waals surface area contributed by atoms with Crippen molar-refractivity contribution in [2.24, 2.45) is 0 Å². The summed E-state index contributed by atoms with van der Waals surface area (Å²) in [4.78, 5) is 31.7. The molecule has 16 aromatic rings. The number of hydrogen-bond acceptors (Lipinski definition) is 16. The Morgan fingerprint density at radius 1 is 0.182 bits per heavy atom. The Balaban J connectivity index is 0.000000235. The molecule has 8 heterocycles. The molecule has 0 saturated heterocycles. The molecule has 2 radical (unpaired) electrons. The van der Waals surface area contributed by atoms with Gasteiger partial charge in [0.15, 0.2) is 8.59 Å². The van der Waals surface area contributed by atoms with E-state index in [4.69, 9.17) is 69.6 Å². The minimum atomic E-state index is -0.750. The molecule has 0 spiro atoms. The smallest absolute Gasteiger partial charge is 0.871 e. The molecule has 0 aliphatic heterocycles. The summed E-state index contributed by atoms with van der Waals surface area (Å²) in [6, 6.07) is 70.8. The van der Waals surface area contributed by atoms with Crippen LogP contribution in [0.15, 0.2) is 292 Å². The fourth-order valence-electron chi connectivity index (χ4n) is 8.61. The van der Waals surface area contributed by atoms with Gasteiger partial charge in [0.1, 0.15) is 0 Å². The van der Waals surface area contributed by atoms with Crippen LogP contribution in [0.2, 0.25) is 0 Å². The zero-order valence-electron chi connectivity index (χ0n) is 51.3. The average Bonchev–Trinajstić information content (AvgIpc) is 2.26. The average molecular weight is 1740 g/mol. The summed E-state index contributed by atoms with van der Waals surface area (Å²) in [5, 5.41) is 96.2. The number of para-hydroxylation sites is 8. The van der Waals surface area contributed by atoms with Gasteiger partial charge in [-0.2, -0.15) is 0 Å². The van der Waals surface area contributed by atoms with Crippen LogP contribution in [0.1, 0.15) is 0 Å². The van der Waals surface area contributed by atoms with Crippen molar-refractivity contribution >= 4 is 180 Å². The number of fused-ring (bicyclic) bond motifs is 8. The van der Waals surface area contributed by atoms with Gasteiger partial charge in [0, 0.05) is 49.6 Å². The van der Waals surface area contributed by atoms with Gasteiger partial charge < -0.3 is 40.9 Å². The molecule has 0 bridgehead atoms. The van der Waals surface area contributed by atoms with E-state index in [1.54, 1.807) is 98.1 Å². The largest absolute Gasteiger partial charge is 3.00 e. The van der Waals surface area contributed by atoms with E-state index < -0.39 is 8.59 Å². The monoisotopic (exact) mass is 1740 g/mol. The first-order valence-electron chi connectivity index (χ1n) is 28.4.